The SMILES string of the molecule is CN=c1nc2c(ncn2CCOC)c(NC(=S)NC)s1. The van der Waals surface area contributed by atoms with E-state index in [4.69, 9.17) is 17.0 Å². The van der Waals surface area contributed by atoms with Gasteiger partial charge in [-0.15, -0.1) is 0 Å². The van der Waals surface area contributed by atoms with E-state index in [0.29, 0.717) is 23.1 Å². The Morgan fingerprint density at radius 1 is 1.60 bits per heavy atom. The quantitative estimate of drug-likeness (QED) is 0.805. The third-order valence-corrected chi connectivity index (χ3v) is 3.86. The van der Waals surface area contributed by atoms with Gasteiger partial charge in [0, 0.05) is 27.7 Å². The van der Waals surface area contributed by atoms with E-state index < -0.39 is 0 Å². The lowest BCUT2D eigenvalue weighted by Crippen LogP contribution is -2.24. The third kappa shape index (κ3) is 3.11. The van der Waals surface area contributed by atoms with Crippen LogP contribution in [0.3, 0.4) is 0 Å². The molecule has 0 aliphatic heterocycles. The summed E-state index contributed by atoms with van der Waals surface area (Å²) < 4.78 is 7.03. The summed E-state index contributed by atoms with van der Waals surface area (Å²) >= 11 is 6.54. The van der Waals surface area contributed by atoms with Gasteiger partial charge in [-0.3, -0.25) is 4.99 Å². The highest BCUT2D eigenvalue weighted by atomic mass is 32.1. The molecule has 20 heavy (non-hydrogen) atoms. The maximum absolute atomic E-state index is 5.14. The fourth-order valence-electron chi connectivity index (χ4n) is 1.61. The van der Waals surface area contributed by atoms with Crippen LogP contribution in [0.25, 0.3) is 11.2 Å². The minimum atomic E-state index is 0.530. The molecule has 0 spiro atoms. The number of imidazole rings is 1. The standard InChI is InChI=1S/C11H16N6OS2/c1-12-10(19)16-9-7-8(15-11(13-2)20-9)17(6-14-7)4-5-18-3/h6H,4-5H2,1-3H3,(H2,12,16,19). The van der Waals surface area contributed by atoms with Gasteiger partial charge in [0.1, 0.15) is 10.5 Å². The van der Waals surface area contributed by atoms with Crippen molar-refractivity contribution in [3.05, 3.63) is 11.1 Å². The van der Waals surface area contributed by atoms with E-state index in [2.05, 4.69) is 25.6 Å². The van der Waals surface area contributed by atoms with Crippen molar-refractivity contribution in [1.82, 2.24) is 19.9 Å². The molecular formula is C11H16N6OS2. The summed E-state index contributed by atoms with van der Waals surface area (Å²) in [4.78, 5) is 13.7. The molecule has 9 heteroatoms. The van der Waals surface area contributed by atoms with Gasteiger partial charge in [0.2, 0.25) is 4.80 Å². The predicted octanol–water partition coefficient (Wildman–Crippen LogP) is 0.586. The zero-order valence-corrected chi connectivity index (χ0v) is 13.1. The number of hydrogen-bond donors (Lipinski definition) is 2. The smallest absolute Gasteiger partial charge is 0.208 e. The first-order valence-electron chi connectivity index (χ1n) is 5.96. The third-order valence-electron chi connectivity index (χ3n) is 2.60. The second-order valence-corrected chi connectivity index (χ2v) is 5.24. The highest BCUT2D eigenvalue weighted by Gasteiger charge is 2.11. The van der Waals surface area contributed by atoms with Gasteiger partial charge in [0.15, 0.2) is 10.8 Å². The van der Waals surface area contributed by atoms with Crippen LogP contribution in [0, 0.1) is 0 Å². The van der Waals surface area contributed by atoms with Crippen molar-refractivity contribution < 1.29 is 4.74 Å². The number of fused-ring (bicyclic) bond motifs is 1. The number of hydrogen-bond acceptors (Lipinski definition) is 6. The molecule has 2 heterocycles. The number of anilines is 1. The summed E-state index contributed by atoms with van der Waals surface area (Å²) in [6.45, 7) is 1.29. The van der Waals surface area contributed by atoms with Crippen LogP contribution in [0.4, 0.5) is 5.00 Å². The maximum Gasteiger partial charge on any atom is 0.208 e. The van der Waals surface area contributed by atoms with Crippen LogP contribution in [0.2, 0.25) is 0 Å². The Balaban J connectivity index is 2.51. The van der Waals surface area contributed by atoms with E-state index in [0.717, 1.165) is 16.2 Å². The first kappa shape index (κ1) is 14.8. The molecule has 108 valence electrons. The molecule has 0 aromatic carbocycles. The van der Waals surface area contributed by atoms with Gasteiger partial charge in [0.25, 0.3) is 0 Å². The molecule has 0 fully saturated rings. The molecule has 0 aliphatic carbocycles. The van der Waals surface area contributed by atoms with Crippen LogP contribution in [0.5, 0.6) is 0 Å². The molecule has 2 N–H and O–H groups in total. The number of thiocarbonyl (C=S) groups is 1. The maximum atomic E-state index is 5.14. The molecule has 2 aromatic rings. The normalized spacial score (nSPS) is 11.8. The molecule has 0 radical (unpaired) electrons. The molecule has 0 aliphatic rings. The highest BCUT2D eigenvalue weighted by molar-refractivity contribution is 7.80. The van der Waals surface area contributed by atoms with Gasteiger partial charge in [0.05, 0.1) is 12.9 Å². The summed E-state index contributed by atoms with van der Waals surface area (Å²) in [5.74, 6) is 0. The molecule has 0 atom stereocenters. The first-order chi connectivity index (χ1) is 9.69. The summed E-state index contributed by atoms with van der Waals surface area (Å²) in [5.41, 5.74) is 1.54. The van der Waals surface area contributed by atoms with Crippen LogP contribution >= 0.6 is 23.6 Å². The molecule has 0 amide bonds. The van der Waals surface area contributed by atoms with Crippen LogP contribution < -0.4 is 15.4 Å². The lowest BCUT2D eigenvalue weighted by Gasteiger charge is -2.07. The predicted molar refractivity (Wildman–Crippen MR) is 84.0 cm³/mol. The van der Waals surface area contributed by atoms with Crippen molar-refractivity contribution in [3.63, 3.8) is 0 Å². The number of methoxy groups -OCH3 is 1. The fraction of sp³-hybridized carbons (Fsp3) is 0.455. The lowest BCUT2D eigenvalue weighted by atomic mass is 10.5. The zero-order chi connectivity index (χ0) is 14.5. The average Bonchev–Trinajstić information content (AvgIpc) is 2.88. The molecular weight excluding hydrogens is 296 g/mol. The van der Waals surface area contributed by atoms with Crippen molar-refractivity contribution in [2.24, 2.45) is 4.99 Å². The Kier molecular flexibility index (Phi) is 4.99. The molecule has 2 rings (SSSR count). The second-order valence-electron chi connectivity index (χ2n) is 3.86. The Bertz CT molecular complexity index is 677. The van der Waals surface area contributed by atoms with Crippen LogP contribution in [-0.2, 0) is 11.3 Å². The van der Waals surface area contributed by atoms with Crippen molar-refractivity contribution >= 4 is 44.8 Å². The summed E-state index contributed by atoms with van der Waals surface area (Å²) in [6.07, 6.45) is 1.75. The van der Waals surface area contributed by atoms with Gasteiger partial charge in [-0.25, -0.2) is 4.98 Å². The van der Waals surface area contributed by atoms with Crippen molar-refractivity contribution in [3.8, 4) is 0 Å². The fourth-order valence-corrected chi connectivity index (χ4v) is 2.57. The number of ether oxygens (including phenoxy) is 1. The van der Waals surface area contributed by atoms with E-state index in [9.17, 15) is 0 Å². The van der Waals surface area contributed by atoms with Gasteiger partial charge in [-0.2, -0.15) is 4.98 Å². The van der Waals surface area contributed by atoms with Crippen LogP contribution in [0.1, 0.15) is 0 Å². The Morgan fingerprint density at radius 2 is 2.40 bits per heavy atom. The summed E-state index contributed by atoms with van der Waals surface area (Å²) in [6, 6.07) is 0. The van der Waals surface area contributed by atoms with Crippen LogP contribution in [-0.4, -0.2) is 47.5 Å². The molecule has 0 unspecified atom stereocenters. The molecule has 0 bridgehead atoms. The van der Waals surface area contributed by atoms with Crippen LogP contribution in [0.15, 0.2) is 11.3 Å². The van der Waals surface area contributed by atoms with E-state index in [1.54, 1.807) is 27.5 Å². The number of aromatic nitrogens is 3. The number of nitrogens with one attached hydrogen (secondary N) is 2. The average molecular weight is 312 g/mol. The van der Waals surface area contributed by atoms with Crippen molar-refractivity contribution in [2.75, 3.05) is 33.1 Å². The van der Waals surface area contributed by atoms with Gasteiger partial charge >= 0.3 is 0 Å². The molecule has 7 nitrogen and oxygen atoms in total. The Hall–Kier alpha value is -1.58. The minimum Gasteiger partial charge on any atom is -0.383 e. The second kappa shape index (κ2) is 6.73. The zero-order valence-electron chi connectivity index (χ0n) is 11.5. The lowest BCUT2D eigenvalue weighted by molar-refractivity contribution is 0.188. The van der Waals surface area contributed by atoms with E-state index in [-0.39, 0.29) is 0 Å². The van der Waals surface area contributed by atoms with Gasteiger partial charge in [-0.05, 0) is 12.2 Å². The van der Waals surface area contributed by atoms with E-state index in [1.165, 1.54) is 11.3 Å². The molecule has 2 aromatic heterocycles. The van der Waals surface area contributed by atoms with Gasteiger partial charge in [-0.1, -0.05) is 11.3 Å². The highest BCUT2D eigenvalue weighted by Crippen LogP contribution is 2.22. The monoisotopic (exact) mass is 312 g/mol. The first-order valence-corrected chi connectivity index (χ1v) is 7.18. The topological polar surface area (TPSA) is 76.4 Å². The number of nitrogens with zero attached hydrogens (tertiary/aromatic N) is 4. The van der Waals surface area contributed by atoms with Crippen molar-refractivity contribution in [1.29, 1.82) is 0 Å². The summed E-state index contributed by atoms with van der Waals surface area (Å²) in [7, 11) is 5.14. The minimum absolute atomic E-state index is 0.530. The largest absolute Gasteiger partial charge is 0.383 e. The van der Waals surface area contributed by atoms with Crippen molar-refractivity contribution in [2.45, 2.75) is 6.54 Å². The molecule has 0 saturated carbocycles. The summed E-state index contributed by atoms with van der Waals surface area (Å²) in [5, 5.41) is 7.34. The van der Waals surface area contributed by atoms with E-state index >= 15 is 0 Å². The van der Waals surface area contributed by atoms with E-state index in [1.807, 2.05) is 4.57 Å². The Morgan fingerprint density at radius 3 is 3.05 bits per heavy atom. The number of rotatable bonds is 4. The van der Waals surface area contributed by atoms with Gasteiger partial charge < -0.3 is 19.9 Å². The Labute approximate surface area is 125 Å². The molecule has 0 saturated heterocycles.